The van der Waals surface area contributed by atoms with Gasteiger partial charge in [0.15, 0.2) is 0 Å². The Labute approximate surface area is 259 Å². The maximum Gasteiger partial charge on any atom is 0.0714 e. The normalized spacial score (nSPS) is 12.7. The van der Waals surface area contributed by atoms with Crippen molar-refractivity contribution in [3.05, 3.63) is 204 Å². The lowest BCUT2D eigenvalue weighted by molar-refractivity contribution is 0.769. The van der Waals surface area contributed by atoms with Crippen LogP contribution in [0.2, 0.25) is 0 Å². The summed E-state index contributed by atoms with van der Waals surface area (Å²) < 4.78 is 0. The van der Waals surface area contributed by atoms with E-state index in [1.165, 1.54) is 55.6 Å². The van der Waals surface area contributed by atoms with Crippen LogP contribution in [0, 0.1) is 0 Å². The van der Waals surface area contributed by atoms with Crippen molar-refractivity contribution in [2.45, 2.75) is 5.41 Å². The van der Waals surface area contributed by atoms with Gasteiger partial charge in [0.2, 0.25) is 0 Å². The molecule has 0 saturated heterocycles. The first-order chi connectivity index (χ1) is 21.8. The van der Waals surface area contributed by atoms with Gasteiger partial charge in [-0.3, -0.25) is 0 Å². The predicted molar refractivity (Wildman–Crippen MR) is 184 cm³/mol. The molecule has 7 aromatic carbocycles. The van der Waals surface area contributed by atoms with E-state index in [0.29, 0.717) is 0 Å². The largest absolute Gasteiger partial charge is 0.355 e. The third-order valence-corrected chi connectivity index (χ3v) is 8.94. The Kier molecular flexibility index (Phi) is 6.43. The van der Waals surface area contributed by atoms with Crippen LogP contribution >= 0.6 is 0 Å². The maximum absolute atomic E-state index is 3.79. The van der Waals surface area contributed by atoms with Crippen LogP contribution < -0.4 is 5.32 Å². The number of fused-ring (bicyclic) bond motifs is 3. The number of rotatable bonds is 6. The molecule has 0 fully saturated rings. The summed E-state index contributed by atoms with van der Waals surface area (Å²) in [5.41, 5.74) is 14.3. The van der Waals surface area contributed by atoms with Gasteiger partial charge in [0.05, 0.1) is 5.41 Å². The van der Waals surface area contributed by atoms with Crippen molar-refractivity contribution < 1.29 is 0 Å². The Bertz CT molecular complexity index is 2020. The van der Waals surface area contributed by atoms with Crippen LogP contribution in [0.4, 0.5) is 11.4 Å². The highest BCUT2D eigenvalue weighted by molar-refractivity contribution is 5.89. The molecule has 1 heteroatoms. The molecule has 0 bridgehead atoms. The second kappa shape index (κ2) is 10.9. The molecular formula is C43H31N. The minimum absolute atomic E-state index is 0.418. The average molecular weight is 562 g/mol. The summed E-state index contributed by atoms with van der Waals surface area (Å²) in [6, 6.07) is 65.7. The van der Waals surface area contributed by atoms with Crippen molar-refractivity contribution in [3.63, 3.8) is 0 Å². The van der Waals surface area contributed by atoms with Gasteiger partial charge in [-0.2, -0.15) is 0 Å². The van der Waals surface area contributed by atoms with Crippen molar-refractivity contribution >= 4 is 11.4 Å². The molecule has 0 unspecified atom stereocenters. The molecule has 0 atom stereocenters. The molecule has 1 aliphatic rings. The number of benzene rings is 7. The van der Waals surface area contributed by atoms with E-state index in [4.69, 9.17) is 0 Å². The van der Waals surface area contributed by atoms with Crippen LogP contribution in [0.5, 0.6) is 0 Å². The zero-order chi connectivity index (χ0) is 29.3. The van der Waals surface area contributed by atoms with Gasteiger partial charge in [0.25, 0.3) is 0 Å². The first-order valence-electron chi connectivity index (χ1n) is 15.2. The number of nitrogens with one attached hydrogen (secondary N) is 1. The van der Waals surface area contributed by atoms with Crippen molar-refractivity contribution in [2.75, 3.05) is 5.32 Å². The van der Waals surface area contributed by atoms with Crippen LogP contribution in [0.15, 0.2) is 182 Å². The Morgan fingerprint density at radius 3 is 1.39 bits per heavy atom. The Balaban J connectivity index is 1.29. The van der Waals surface area contributed by atoms with E-state index in [0.717, 1.165) is 11.4 Å². The molecule has 1 N–H and O–H groups in total. The lowest BCUT2D eigenvalue weighted by atomic mass is 9.67. The first-order valence-corrected chi connectivity index (χ1v) is 15.2. The van der Waals surface area contributed by atoms with Gasteiger partial charge in [0.1, 0.15) is 0 Å². The molecule has 1 nitrogen and oxygen atoms in total. The third-order valence-electron chi connectivity index (χ3n) is 8.94. The molecular weight excluding hydrogens is 530 g/mol. The lowest BCUT2D eigenvalue weighted by Gasteiger charge is -2.34. The summed E-state index contributed by atoms with van der Waals surface area (Å²) in [5, 5.41) is 3.79. The van der Waals surface area contributed by atoms with E-state index in [1.54, 1.807) is 0 Å². The first kappa shape index (κ1) is 26.0. The Hall–Kier alpha value is -5.66. The summed E-state index contributed by atoms with van der Waals surface area (Å²) in [4.78, 5) is 0. The van der Waals surface area contributed by atoms with Crippen LogP contribution in [0.25, 0.3) is 33.4 Å². The van der Waals surface area contributed by atoms with E-state index in [1.807, 2.05) is 0 Å². The highest BCUT2D eigenvalue weighted by Gasteiger charge is 2.46. The van der Waals surface area contributed by atoms with Gasteiger partial charge in [0, 0.05) is 11.4 Å². The van der Waals surface area contributed by atoms with Crippen molar-refractivity contribution in [1.82, 2.24) is 0 Å². The van der Waals surface area contributed by atoms with E-state index >= 15 is 0 Å². The molecule has 0 heterocycles. The van der Waals surface area contributed by atoms with Gasteiger partial charge in [-0.15, -0.1) is 0 Å². The SMILES string of the molecule is c1ccc(-c2ccc(Nc3ccc4c(c3)C(c3ccccc3)(c3ccccc3)c3ccccc3-4)cc2-c2ccccc2)cc1. The zero-order valence-electron chi connectivity index (χ0n) is 24.3. The Morgan fingerprint density at radius 2 is 0.773 bits per heavy atom. The summed E-state index contributed by atoms with van der Waals surface area (Å²) in [7, 11) is 0. The molecule has 0 radical (unpaired) electrons. The number of anilines is 2. The third kappa shape index (κ3) is 4.25. The topological polar surface area (TPSA) is 12.0 Å². The highest BCUT2D eigenvalue weighted by Crippen LogP contribution is 2.56. The average Bonchev–Trinajstić information content (AvgIpc) is 3.40. The summed E-state index contributed by atoms with van der Waals surface area (Å²) in [6.07, 6.45) is 0. The minimum Gasteiger partial charge on any atom is -0.355 e. The lowest BCUT2D eigenvalue weighted by Crippen LogP contribution is -2.28. The van der Waals surface area contributed by atoms with Crippen molar-refractivity contribution in [1.29, 1.82) is 0 Å². The fraction of sp³-hybridized carbons (Fsp3) is 0.0233. The smallest absolute Gasteiger partial charge is 0.0714 e. The molecule has 0 saturated carbocycles. The second-order valence-corrected chi connectivity index (χ2v) is 11.4. The molecule has 0 aliphatic heterocycles. The van der Waals surface area contributed by atoms with Gasteiger partial charge in [-0.25, -0.2) is 0 Å². The van der Waals surface area contributed by atoms with Gasteiger partial charge < -0.3 is 5.32 Å². The van der Waals surface area contributed by atoms with E-state index in [2.05, 4.69) is 187 Å². The quantitative estimate of drug-likeness (QED) is 0.213. The van der Waals surface area contributed by atoms with Gasteiger partial charge >= 0.3 is 0 Å². The van der Waals surface area contributed by atoms with Gasteiger partial charge in [-0.05, 0) is 79.9 Å². The number of hydrogen-bond donors (Lipinski definition) is 1. The fourth-order valence-electron chi connectivity index (χ4n) is 7.04. The van der Waals surface area contributed by atoms with E-state index in [-0.39, 0.29) is 0 Å². The standard InChI is InChI=1S/C43H31N/c1-5-15-31(16-6-1)37-27-25-35(29-40(37)32-17-7-2-8-18-32)44-36-26-28-39-38-23-13-14-24-41(38)43(42(39)30-36,33-19-9-3-10-20-33)34-21-11-4-12-22-34/h1-30,44H. The predicted octanol–water partition coefficient (Wildman–Crippen LogP) is 11.1. The molecule has 208 valence electrons. The maximum atomic E-state index is 3.79. The fourth-order valence-corrected chi connectivity index (χ4v) is 7.04. The molecule has 7 aromatic rings. The van der Waals surface area contributed by atoms with Crippen molar-refractivity contribution in [3.8, 4) is 33.4 Å². The molecule has 8 rings (SSSR count). The van der Waals surface area contributed by atoms with Crippen LogP contribution in [-0.4, -0.2) is 0 Å². The Morgan fingerprint density at radius 1 is 0.318 bits per heavy atom. The second-order valence-electron chi connectivity index (χ2n) is 11.4. The molecule has 0 aromatic heterocycles. The van der Waals surface area contributed by atoms with E-state index in [9.17, 15) is 0 Å². The van der Waals surface area contributed by atoms with E-state index < -0.39 is 5.41 Å². The van der Waals surface area contributed by atoms with Crippen molar-refractivity contribution in [2.24, 2.45) is 0 Å². The molecule has 44 heavy (non-hydrogen) atoms. The molecule has 1 aliphatic carbocycles. The summed E-state index contributed by atoms with van der Waals surface area (Å²) in [6.45, 7) is 0. The van der Waals surface area contributed by atoms with Crippen LogP contribution in [-0.2, 0) is 5.41 Å². The summed E-state index contributed by atoms with van der Waals surface area (Å²) >= 11 is 0. The number of hydrogen-bond acceptors (Lipinski definition) is 1. The highest BCUT2D eigenvalue weighted by atomic mass is 14.9. The summed E-state index contributed by atoms with van der Waals surface area (Å²) in [5.74, 6) is 0. The van der Waals surface area contributed by atoms with Crippen LogP contribution in [0.3, 0.4) is 0 Å². The minimum atomic E-state index is -0.418. The molecule has 0 amide bonds. The molecule has 0 spiro atoms. The van der Waals surface area contributed by atoms with Gasteiger partial charge in [-0.1, -0.05) is 158 Å². The monoisotopic (exact) mass is 561 g/mol. The zero-order valence-corrected chi connectivity index (χ0v) is 24.3. The van der Waals surface area contributed by atoms with Crippen LogP contribution in [0.1, 0.15) is 22.3 Å².